The van der Waals surface area contributed by atoms with Crippen LogP contribution in [0.15, 0.2) is 36.5 Å². The molecule has 1 N–H and O–H groups in total. The van der Waals surface area contributed by atoms with Crippen LogP contribution in [0, 0.1) is 6.92 Å². The summed E-state index contributed by atoms with van der Waals surface area (Å²) in [5.41, 5.74) is 2.05. The highest BCUT2D eigenvalue weighted by atomic mass is 16.4. The molecule has 2 aromatic rings. The molecule has 0 aliphatic carbocycles. The van der Waals surface area contributed by atoms with Crippen LogP contribution in [0.2, 0.25) is 0 Å². The molecule has 1 aliphatic heterocycles. The lowest BCUT2D eigenvalue weighted by Gasteiger charge is -2.35. The van der Waals surface area contributed by atoms with Crippen molar-refractivity contribution in [2.45, 2.75) is 45.1 Å². The van der Waals surface area contributed by atoms with Gasteiger partial charge in [0.1, 0.15) is 0 Å². The van der Waals surface area contributed by atoms with E-state index >= 15 is 0 Å². The topological polar surface area (TPSA) is 83.4 Å². The van der Waals surface area contributed by atoms with Gasteiger partial charge in [0.2, 0.25) is 0 Å². The van der Waals surface area contributed by atoms with Gasteiger partial charge in [-0.2, -0.15) is 0 Å². The Morgan fingerprint density at radius 1 is 1.23 bits per heavy atom. The van der Waals surface area contributed by atoms with Crippen molar-refractivity contribution in [1.82, 2.24) is 14.9 Å². The van der Waals surface area contributed by atoms with Gasteiger partial charge in [0.05, 0.1) is 11.3 Å². The third kappa shape index (κ3) is 4.07. The predicted octanol–water partition coefficient (Wildman–Crippen LogP) is 3.31. The van der Waals surface area contributed by atoms with Gasteiger partial charge in [0.15, 0.2) is 5.82 Å². The number of aliphatic carboxylic acids is 1. The Labute approximate surface area is 152 Å². The molecule has 0 unspecified atom stereocenters. The van der Waals surface area contributed by atoms with E-state index in [2.05, 4.69) is 9.97 Å². The second-order valence-electron chi connectivity index (χ2n) is 6.64. The van der Waals surface area contributed by atoms with Crippen LogP contribution in [0.3, 0.4) is 0 Å². The molecular weight excluding hydrogens is 330 g/mol. The maximum atomic E-state index is 13.0. The van der Waals surface area contributed by atoms with Crippen molar-refractivity contribution < 1.29 is 14.7 Å². The van der Waals surface area contributed by atoms with Crippen LogP contribution in [0.4, 0.5) is 0 Å². The molecule has 0 saturated carbocycles. The molecule has 1 aromatic heterocycles. The highest BCUT2D eigenvalue weighted by Gasteiger charge is 2.29. The Morgan fingerprint density at radius 3 is 2.69 bits per heavy atom. The standard InChI is InChI=1S/C20H23N3O3/c1-14-17(13-21-19(22-14)15-7-3-2-4-8-15)20(26)23-12-6-5-9-16(23)10-11-18(24)25/h2-4,7-8,13,16H,5-6,9-12H2,1H3,(H,24,25)/t16-/m0/s1. The number of carboxylic acids is 1. The minimum atomic E-state index is -0.824. The molecule has 136 valence electrons. The summed E-state index contributed by atoms with van der Waals surface area (Å²) < 4.78 is 0. The van der Waals surface area contributed by atoms with Crippen LogP contribution in [-0.4, -0.2) is 44.4 Å². The fourth-order valence-electron chi connectivity index (χ4n) is 3.42. The van der Waals surface area contributed by atoms with Crippen molar-refractivity contribution >= 4 is 11.9 Å². The van der Waals surface area contributed by atoms with Crippen molar-refractivity contribution in [1.29, 1.82) is 0 Å². The first kappa shape index (κ1) is 18.0. The first-order chi connectivity index (χ1) is 12.6. The molecule has 6 nitrogen and oxygen atoms in total. The Bertz CT molecular complexity index is 792. The number of rotatable bonds is 5. The average Bonchev–Trinajstić information content (AvgIpc) is 2.66. The summed E-state index contributed by atoms with van der Waals surface area (Å²) >= 11 is 0. The van der Waals surface area contributed by atoms with E-state index < -0.39 is 5.97 Å². The molecule has 1 aromatic carbocycles. The minimum absolute atomic E-state index is 0.0273. The van der Waals surface area contributed by atoms with Crippen molar-refractivity contribution in [2.75, 3.05) is 6.54 Å². The zero-order valence-corrected chi connectivity index (χ0v) is 14.9. The van der Waals surface area contributed by atoms with Crippen LogP contribution in [-0.2, 0) is 4.79 Å². The molecule has 1 fully saturated rings. The molecule has 0 bridgehead atoms. The largest absolute Gasteiger partial charge is 0.481 e. The van der Waals surface area contributed by atoms with Gasteiger partial charge < -0.3 is 10.0 Å². The number of hydrogen-bond acceptors (Lipinski definition) is 4. The average molecular weight is 353 g/mol. The van der Waals surface area contributed by atoms with Crippen molar-refractivity contribution in [3.05, 3.63) is 47.8 Å². The molecule has 0 radical (unpaired) electrons. The number of hydrogen-bond donors (Lipinski definition) is 1. The number of piperidine rings is 1. The Hall–Kier alpha value is -2.76. The van der Waals surface area contributed by atoms with Gasteiger partial charge in [-0.05, 0) is 32.6 Å². The van der Waals surface area contributed by atoms with Gasteiger partial charge in [0, 0.05) is 30.8 Å². The first-order valence-electron chi connectivity index (χ1n) is 8.98. The lowest BCUT2D eigenvalue weighted by atomic mass is 9.97. The number of carboxylic acid groups (broad SMARTS) is 1. The summed E-state index contributed by atoms with van der Waals surface area (Å²) in [6, 6.07) is 9.62. The van der Waals surface area contributed by atoms with E-state index in [1.807, 2.05) is 37.3 Å². The van der Waals surface area contributed by atoms with E-state index in [0.717, 1.165) is 24.8 Å². The van der Waals surface area contributed by atoms with Gasteiger partial charge in [-0.15, -0.1) is 0 Å². The Kier molecular flexibility index (Phi) is 5.61. The lowest BCUT2D eigenvalue weighted by Crippen LogP contribution is -2.44. The van der Waals surface area contributed by atoms with Gasteiger partial charge in [-0.3, -0.25) is 9.59 Å². The van der Waals surface area contributed by atoms with Gasteiger partial charge in [-0.1, -0.05) is 30.3 Å². The molecule has 1 saturated heterocycles. The molecule has 2 heterocycles. The van der Waals surface area contributed by atoms with E-state index in [-0.39, 0.29) is 18.4 Å². The SMILES string of the molecule is Cc1nc(-c2ccccc2)ncc1C(=O)N1CCCC[C@H]1CCC(=O)O. The third-order valence-electron chi connectivity index (χ3n) is 4.82. The number of aryl methyl sites for hydroxylation is 1. The number of benzene rings is 1. The maximum absolute atomic E-state index is 13.0. The fourth-order valence-corrected chi connectivity index (χ4v) is 3.42. The van der Waals surface area contributed by atoms with Crippen LogP contribution in [0.25, 0.3) is 11.4 Å². The Morgan fingerprint density at radius 2 is 2.00 bits per heavy atom. The molecule has 3 rings (SSSR count). The molecule has 6 heteroatoms. The molecule has 0 spiro atoms. The molecular formula is C20H23N3O3. The zero-order valence-electron chi connectivity index (χ0n) is 14.9. The van der Waals surface area contributed by atoms with Crippen LogP contribution in [0.1, 0.15) is 48.2 Å². The summed E-state index contributed by atoms with van der Waals surface area (Å²) in [6.07, 6.45) is 4.98. The van der Waals surface area contributed by atoms with Gasteiger partial charge in [0.25, 0.3) is 5.91 Å². The number of nitrogens with zero attached hydrogens (tertiary/aromatic N) is 3. The second kappa shape index (κ2) is 8.08. The Balaban J connectivity index is 1.80. The third-order valence-corrected chi connectivity index (χ3v) is 4.82. The predicted molar refractivity (Wildman–Crippen MR) is 97.8 cm³/mol. The maximum Gasteiger partial charge on any atom is 0.303 e. The molecule has 1 aliphatic rings. The number of amides is 1. The smallest absolute Gasteiger partial charge is 0.303 e. The molecule has 1 amide bonds. The van der Waals surface area contributed by atoms with Crippen LogP contribution >= 0.6 is 0 Å². The quantitative estimate of drug-likeness (QED) is 0.891. The minimum Gasteiger partial charge on any atom is -0.481 e. The zero-order chi connectivity index (χ0) is 18.5. The van der Waals surface area contributed by atoms with Crippen LogP contribution < -0.4 is 0 Å². The second-order valence-corrected chi connectivity index (χ2v) is 6.64. The summed E-state index contributed by atoms with van der Waals surface area (Å²) in [5, 5.41) is 8.95. The number of carbonyl (C=O) groups excluding carboxylic acids is 1. The van der Waals surface area contributed by atoms with E-state index in [4.69, 9.17) is 5.11 Å². The number of aromatic nitrogens is 2. The van der Waals surface area contributed by atoms with E-state index in [0.29, 0.717) is 30.0 Å². The van der Waals surface area contributed by atoms with E-state index in [1.54, 1.807) is 11.1 Å². The summed E-state index contributed by atoms with van der Waals surface area (Å²) in [6.45, 7) is 2.47. The summed E-state index contributed by atoms with van der Waals surface area (Å²) in [5.74, 6) is -0.326. The van der Waals surface area contributed by atoms with Crippen LogP contribution in [0.5, 0.6) is 0 Å². The van der Waals surface area contributed by atoms with Gasteiger partial charge in [-0.25, -0.2) is 9.97 Å². The van der Waals surface area contributed by atoms with Crippen molar-refractivity contribution in [3.63, 3.8) is 0 Å². The lowest BCUT2D eigenvalue weighted by molar-refractivity contribution is -0.137. The highest BCUT2D eigenvalue weighted by molar-refractivity contribution is 5.95. The van der Waals surface area contributed by atoms with E-state index in [9.17, 15) is 9.59 Å². The fraction of sp³-hybridized carbons (Fsp3) is 0.400. The highest BCUT2D eigenvalue weighted by Crippen LogP contribution is 2.24. The first-order valence-corrected chi connectivity index (χ1v) is 8.98. The monoisotopic (exact) mass is 353 g/mol. The van der Waals surface area contributed by atoms with Gasteiger partial charge >= 0.3 is 5.97 Å². The number of likely N-dealkylation sites (tertiary alicyclic amines) is 1. The van der Waals surface area contributed by atoms with Crippen molar-refractivity contribution in [3.8, 4) is 11.4 Å². The van der Waals surface area contributed by atoms with Crippen molar-refractivity contribution in [2.24, 2.45) is 0 Å². The molecule has 26 heavy (non-hydrogen) atoms. The van der Waals surface area contributed by atoms with E-state index in [1.165, 1.54) is 0 Å². The number of carbonyl (C=O) groups is 2. The molecule has 1 atom stereocenters. The normalized spacial score (nSPS) is 17.1. The summed E-state index contributed by atoms with van der Waals surface area (Å²) in [4.78, 5) is 34.6. The summed E-state index contributed by atoms with van der Waals surface area (Å²) in [7, 11) is 0.